The molecule has 7 nitrogen and oxygen atoms in total. The number of carbonyl (C=O) groups is 2. The maximum atomic E-state index is 13.3. The van der Waals surface area contributed by atoms with Gasteiger partial charge in [0.2, 0.25) is 21.8 Å². The highest BCUT2D eigenvalue weighted by Crippen LogP contribution is 2.27. The molecule has 33 heavy (non-hydrogen) atoms. The van der Waals surface area contributed by atoms with Crippen LogP contribution in [-0.2, 0) is 26.2 Å². The average molecular weight is 518 g/mol. The van der Waals surface area contributed by atoms with Crippen molar-refractivity contribution in [3.05, 3.63) is 63.9 Å². The average Bonchev–Trinajstić information content (AvgIpc) is 2.68. The predicted molar refractivity (Wildman–Crippen MR) is 128 cm³/mol. The van der Waals surface area contributed by atoms with Crippen LogP contribution >= 0.6 is 23.2 Å². The molecule has 0 aromatic heterocycles. The number of carbonyl (C=O) groups excluding carboxylic acids is 2. The Hall–Kier alpha value is -2.36. The Bertz CT molecular complexity index is 1090. The fourth-order valence-corrected chi connectivity index (χ4v) is 4.42. The Morgan fingerprint density at radius 3 is 2.06 bits per heavy atom. The predicted octanol–water partition coefficient (Wildman–Crippen LogP) is 3.84. The summed E-state index contributed by atoms with van der Waals surface area (Å²) in [4.78, 5) is 27.2. The monoisotopic (exact) mass is 517 g/mol. The molecule has 1 N–H and O–H groups in total. The van der Waals surface area contributed by atoms with Gasteiger partial charge >= 0.3 is 0 Å². The van der Waals surface area contributed by atoms with Gasteiger partial charge in [0, 0.05) is 22.6 Å². The lowest BCUT2D eigenvalue weighted by Crippen LogP contribution is -2.52. The van der Waals surface area contributed by atoms with Crippen molar-refractivity contribution in [1.29, 1.82) is 0 Å². The number of nitrogens with one attached hydrogen (secondary N) is 1. The summed E-state index contributed by atoms with van der Waals surface area (Å²) < 4.78 is 39.2. The van der Waals surface area contributed by atoms with Crippen LogP contribution in [0.5, 0.6) is 0 Å². The highest BCUT2D eigenvalue weighted by molar-refractivity contribution is 7.92. The first-order chi connectivity index (χ1) is 15.3. The number of sulfonamides is 1. The van der Waals surface area contributed by atoms with Crippen molar-refractivity contribution in [2.24, 2.45) is 0 Å². The number of nitrogens with zero attached hydrogens (tertiary/aromatic N) is 2. The van der Waals surface area contributed by atoms with E-state index in [4.69, 9.17) is 23.2 Å². The quantitative estimate of drug-likeness (QED) is 0.547. The second-order valence-electron chi connectivity index (χ2n) is 7.88. The molecule has 1 atom stereocenters. The zero-order chi connectivity index (χ0) is 24.9. The summed E-state index contributed by atoms with van der Waals surface area (Å²) in [6.45, 7) is 4.49. The minimum absolute atomic E-state index is 0.0281. The van der Waals surface area contributed by atoms with E-state index in [-0.39, 0.29) is 28.3 Å². The van der Waals surface area contributed by atoms with Crippen molar-refractivity contribution in [3.63, 3.8) is 0 Å². The number of hydrogen-bond acceptors (Lipinski definition) is 4. The largest absolute Gasteiger partial charge is 0.352 e. The molecule has 180 valence electrons. The molecule has 0 aliphatic heterocycles. The lowest BCUT2D eigenvalue weighted by molar-refractivity contribution is -0.139. The van der Waals surface area contributed by atoms with E-state index in [0.29, 0.717) is 5.56 Å². The maximum Gasteiger partial charge on any atom is 0.244 e. The Kier molecular flexibility index (Phi) is 9.11. The number of hydrogen-bond donors (Lipinski definition) is 1. The molecule has 0 radical (unpaired) electrons. The number of benzene rings is 2. The van der Waals surface area contributed by atoms with Gasteiger partial charge in [-0.2, -0.15) is 0 Å². The summed E-state index contributed by atoms with van der Waals surface area (Å²) in [7, 11) is -3.91. The summed E-state index contributed by atoms with van der Waals surface area (Å²) in [5.74, 6) is -1.48. The van der Waals surface area contributed by atoms with E-state index in [1.54, 1.807) is 20.8 Å². The summed E-state index contributed by atoms with van der Waals surface area (Å²) >= 11 is 12.0. The molecule has 0 saturated heterocycles. The molecule has 2 aromatic carbocycles. The van der Waals surface area contributed by atoms with Crippen LogP contribution in [0.15, 0.2) is 42.5 Å². The van der Waals surface area contributed by atoms with Crippen LogP contribution in [0.2, 0.25) is 10.0 Å². The van der Waals surface area contributed by atoms with Crippen molar-refractivity contribution in [3.8, 4) is 0 Å². The molecule has 0 unspecified atom stereocenters. The van der Waals surface area contributed by atoms with Crippen molar-refractivity contribution in [1.82, 2.24) is 10.2 Å². The molecule has 2 aromatic rings. The van der Waals surface area contributed by atoms with E-state index in [1.165, 1.54) is 47.4 Å². The SMILES string of the molecule is CC(C)NC(=O)[C@@H](C)N(Cc1ccc(F)cc1)C(=O)CN(c1cc(Cl)cc(Cl)c1)S(C)(=O)=O. The van der Waals surface area contributed by atoms with Crippen LogP contribution < -0.4 is 9.62 Å². The standard InChI is InChI=1S/C22H26Cl2FN3O4S/c1-14(2)26-22(30)15(3)27(12-16-5-7-19(25)8-6-16)21(29)13-28(33(4,31)32)20-10-17(23)9-18(24)11-20/h5-11,14-15H,12-13H2,1-4H3,(H,26,30)/t15-/m1/s1. The number of amides is 2. The van der Waals surface area contributed by atoms with Gasteiger partial charge in [0.1, 0.15) is 18.4 Å². The maximum absolute atomic E-state index is 13.3. The minimum atomic E-state index is -3.91. The smallest absolute Gasteiger partial charge is 0.244 e. The van der Waals surface area contributed by atoms with Gasteiger partial charge in [0.25, 0.3) is 0 Å². The van der Waals surface area contributed by atoms with Crippen LogP contribution in [-0.4, -0.2) is 50.0 Å². The summed E-state index contributed by atoms with van der Waals surface area (Å²) in [5, 5.41) is 3.14. The van der Waals surface area contributed by atoms with Crippen molar-refractivity contribution < 1.29 is 22.4 Å². The molecule has 0 saturated carbocycles. The zero-order valence-corrected chi connectivity index (χ0v) is 21.0. The van der Waals surface area contributed by atoms with Gasteiger partial charge in [-0.15, -0.1) is 0 Å². The Morgan fingerprint density at radius 1 is 1.03 bits per heavy atom. The first-order valence-corrected chi connectivity index (χ1v) is 12.7. The van der Waals surface area contributed by atoms with Crippen LogP contribution in [0.25, 0.3) is 0 Å². The van der Waals surface area contributed by atoms with Gasteiger partial charge in [0.15, 0.2) is 0 Å². The third-order valence-corrected chi connectivity index (χ3v) is 6.26. The molecule has 0 bridgehead atoms. The van der Waals surface area contributed by atoms with E-state index >= 15 is 0 Å². The molecule has 2 rings (SSSR count). The topological polar surface area (TPSA) is 86.8 Å². The minimum Gasteiger partial charge on any atom is -0.352 e. The van der Waals surface area contributed by atoms with Crippen molar-refractivity contribution in [2.45, 2.75) is 39.4 Å². The molecule has 0 aliphatic rings. The first-order valence-electron chi connectivity index (χ1n) is 10.1. The number of halogens is 3. The fourth-order valence-electron chi connectivity index (χ4n) is 3.07. The van der Waals surface area contributed by atoms with E-state index in [0.717, 1.165) is 10.6 Å². The number of anilines is 1. The summed E-state index contributed by atoms with van der Waals surface area (Å²) in [6, 6.07) is 8.58. The fraction of sp³-hybridized carbons (Fsp3) is 0.364. The molecular weight excluding hydrogens is 492 g/mol. The molecule has 11 heteroatoms. The van der Waals surface area contributed by atoms with Gasteiger partial charge in [0.05, 0.1) is 11.9 Å². The number of rotatable bonds is 9. The van der Waals surface area contributed by atoms with Gasteiger partial charge < -0.3 is 10.2 Å². The highest BCUT2D eigenvalue weighted by Gasteiger charge is 2.30. The van der Waals surface area contributed by atoms with Crippen LogP contribution in [0.1, 0.15) is 26.3 Å². The van der Waals surface area contributed by atoms with E-state index < -0.39 is 40.2 Å². The molecule has 2 amide bonds. The third kappa shape index (κ3) is 7.87. The first kappa shape index (κ1) is 26.9. The van der Waals surface area contributed by atoms with E-state index in [9.17, 15) is 22.4 Å². The summed E-state index contributed by atoms with van der Waals surface area (Å²) in [6.07, 6.45) is 0.953. The lowest BCUT2D eigenvalue weighted by Gasteiger charge is -2.32. The molecule has 0 fully saturated rings. The Labute approximate surface area is 203 Å². The van der Waals surface area contributed by atoms with Gasteiger partial charge in [-0.25, -0.2) is 12.8 Å². The van der Waals surface area contributed by atoms with Gasteiger partial charge in [-0.3, -0.25) is 13.9 Å². The summed E-state index contributed by atoms with van der Waals surface area (Å²) in [5.41, 5.74) is 0.690. The van der Waals surface area contributed by atoms with Gasteiger partial charge in [-0.1, -0.05) is 35.3 Å². The van der Waals surface area contributed by atoms with Crippen LogP contribution in [0.3, 0.4) is 0 Å². The van der Waals surface area contributed by atoms with E-state index in [2.05, 4.69) is 5.32 Å². The Balaban J connectivity index is 2.41. The second kappa shape index (κ2) is 11.2. The normalized spacial score (nSPS) is 12.4. The molecule has 0 aliphatic carbocycles. The van der Waals surface area contributed by atoms with Gasteiger partial charge in [-0.05, 0) is 56.7 Å². The molecular formula is C22H26Cl2FN3O4S. The lowest BCUT2D eigenvalue weighted by atomic mass is 10.1. The third-order valence-electron chi connectivity index (χ3n) is 4.68. The zero-order valence-electron chi connectivity index (χ0n) is 18.7. The Morgan fingerprint density at radius 2 is 1.58 bits per heavy atom. The molecule has 0 heterocycles. The highest BCUT2D eigenvalue weighted by atomic mass is 35.5. The van der Waals surface area contributed by atoms with Crippen LogP contribution in [0.4, 0.5) is 10.1 Å². The molecule has 0 spiro atoms. The van der Waals surface area contributed by atoms with Crippen molar-refractivity contribution in [2.75, 3.05) is 17.1 Å². The van der Waals surface area contributed by atoms with E-state index in [1.807, 2.05) is 0 Å². The van der Waals surface area contributed by atoms with Crippen LogP contribution in [0, 0.1) is 5.82 Å². The second-order valence-corrected chi connectivity index (χ2v) is 10.7. The van der Waals surface area contributed by atoms with Crippen molar-refractivity contribution >= 4 is 50.7 Å².